The minimum absolute atomic E-state index is 0.148. The molecule has 1 amide bonds. The summed E-state index contributed by atoms with van der Waals surface area (Å²) in [6.45, 7) is 1.63. The SMILES string of the molecule is O=C(OCC(=O)N1CCCC1)c1ccc(N2CCCS2(=O)=O)cc1. The number of carbonyl (C=O) groups excluding carboxylic acids is 2. The highest BCUT2D eigenvalue weighted by atomic mass is 32.2. The summed E-state index contributed by atoms with van der Waals surface area (Å²) in [7, 11) is -3.24. The van der Waals surface area contributed by atoms with Crippen molar-refractivity contribution in [3.05, 3.63) is 29.8 Å². The monoisotopic (exact) mass is 352 g/mol. The third-order valence-electron chi connectivity index (χ3n) is 4.28. The van der Waals surface area contributed by atoms with E-state index in [-0.39, 0.29) is 18.3 Å². The number of hydrogen-bond donors (Lipinski definition) is 0. The first-order valence-corrected chi connectivity index (χ1v) is 9.64. The zero-order valence-electron chi connectivity index (χ0n) is 13.3. The summed E-state index contributed by atoms with van der Waals surface area (Å²) in [5.74, 6) is -0.617. The molecule has 2 aliphatic heterocycles. The number of likely N-dealkylation sites (tertiary alicyclic amines) is 1. The molecule has 0 N–H and O–H groups in total. The molecule has 1 aromatic carbocycles. The van der Waals surface area contributed by atoms with E-state index in [0.717, 1.165) is 25.9 Å². The molecule has 0 saturated carbocycles. The molecule has 0 bridgehead atoms. The Morgan fingerprint density at radius 3 is 2.25 bits per heavy atom. The first-order valence-electron chi connectivity index (χ1n) is 8.03. The second-order valence-corrected chi connectivity index (χ2v) is 7.97. The maximum Gasteiger partial charge on any atom is 0.338 e. The number of esters is 1. The number of anilines is 1. The summed E-state index contributed by atoms with van der Waals surface area (Å²) >= 11 is 0. The molecular formula is C16H20N2O5S. The fourth-order valence-corrected chi connectivity index (χ4v) is 4.53. The Labute approximate surface area is 141 Å². The van der Waals surface area contributed by atoms with Gasteiger partial charge in [0.15, 0.2) is 6.61 Å². The minimum atomic E-state index is -3.24. The molecule has 0 atom stereocenters. The molecule has 0 spiro atoms. The molecule has 0 unspecified atom stereocenters. The summed E-state index contributed by atoms with van der Waals surface area (Å²) in [6.07, 6.45) is 2.58. The quantitative estimate of drug-likeness (QED) is 0.755. The summed E-state index contributed by atoms with van der Waals surface area (Å²) < 4.78 is 30.1. The largest absolute Gasteiger partial charge is 0.452 e. The third-order valence-corrected chi connectivity index (χ3v) is 6.15. The highest BCUT2D eigenvalue weighted by Gasteiger charge is 2.28. The Hall–Kier alpha value is -2.09. The van der Waals surface area contributed by atoms with E-state index < -0.39 is 16.0 Å². The fraction of sp³-hybridized carbons (Fsp3) is 0.500. The van der Waals surface area contributed by atoms with Crippen molar-refractivity contribution in [2.45, 2.75) is 19.3 Å². The lowest BCUT2D eigenvalue weighted by Crippen LogP contribution is -2.32. The second kappa shape index (κ2) is 6.80. The van der Waals surface area contributed by atoms with Crippen LogP contribution in [0.3, 0.4) is 0 Å². The number of ether oxygens (including phenoxy) is 1. The van der Waals surface area contributed by atoms with Crippen LogP contribution in [-0.2, 0) is 19.6 Å². The number of hydrogen-bond acceptors (Lipinski definition) is 5. The number of nitrogens with zero attached hydrogens (tertiary/aromatic N) is 2. The third kappa shape index (κ3) is 3.53. The number of sulfonamides is 1. The van der Waals surface area contributed by atoms with Crippen LogP contribution in [0.1, 0.15) is 29.6 Å². The van der Waals surface area contributed by atoms with Crippen LogP contribution in [0.4, 0.5) is 5.69 Å². The molecule has 24 heavy (non-hydrogen) atoms. The molecule has 0 aromatic heterocycles. The maximum absolute atomic E-state index is 12.0. The van der Waals surface area contributed by atoms with Crippen LogP contribution < -0.4 is 4.31 Å². The molecule has 1 aromatic rings. The van der Waals surface area contributed by atoms with Crippen molar-refractivity contribution >= 4 is 27.6 Å². The Balaban J connectivity index is 1.59. The van der Waals surface area contributed by atoms with Crippen molar-refractivity contribution in [1.82, 2.24) is 4.90 Å². The number of carbonyl (C=O) groups is 2. The van der Waals surface area contributed by atoms with Gasteiger partial charge in [-0.15, -0.1) is 0 Å². The Morgan fingerprint density at radius 2 is 1.67 bits per heavy atom. The van der Waals surface area contributed by atoms with E-state index in [1.807, 2.05) is 0 Å². The van der Waals surface area contributed by atoms with Crippen molar-refractivity contribution in [2.75, 3.05) is 36.3 Å². The molecule has 0 radical (unpaired) electrons. The van der Waals surface area contributed by atoms with E-state index >= 15 is 0 Å². The van der Waals surface area contributed by atoms with Gasteiger partial charge in [-0.1, -0.05) is 0 Å². The van der Waals surface area contributed by atoms with Gasteiger partial charge in [-0.25, -0.2) is 13.2 Å². The van der Waals surface area contributed by atoms with Gasteiger partial charge in [-0.05, 0) is 43.5 Å². The van der Waals surface area contributed by atoms with E-state index in [1.165, 1.54) is 16.4 Å². The molecule has 7 nitrogen and oxygen atoms in total. The molecule has 2 fully saturated rings. The highest BCUT2D eigenvalue weighted by Crippen LogP contribution is 2.24. The minimum Gasteiger partial charge on any atom is -0.452 e. The normalized spacial score (nSPS) is 19.5. The standard InChI is InChI=1S/C16H20N2O5S/c19-15(17-8-1-2-9-17)12-23-16(20)13-4-6-14(7-5-13)18-10-3-11-24(18,21)22/h4-7H,1-3,8-12H2. The first kappa shape index (κ1) is 16.8. The van der Waals surface area contributed by atoms with Crippen LogP contribution in [0.25, 0.3) is 0 Å². The number of rotatable bonds is 4. The molecule has 2 heterocycles. The van der Waals surface area contributed by atoms with Gasteiger partial charge in [0.05, 0.1) is 17.0 Å². The maximum atomic E-state index is 12.0. The lowest BCUT2D eigenvalue weighted by molar-refractivity contribution is -0.133. The van der Waals surface area contributed by atoms with E-state index in [0.29, 0.717) is 24.2 Å². The van der Waals surface area contributed by atoms with E-state index in [9.17, 15) is 18.0 Å². The predicted molar refractivity (Wildman–Crippen MR) is 88.3 cm³/mol. The van der Waals surface area contributed by atoms with E-state index in [4.69, 9.17) is 4.74 Å². The van der Waals surface area contributed by atoms with Gasteiger partial charge in [0, 0.05) is 19.6 Å². The van der Waals surface area contributed by atoms with Gasteiger partial charge in [0.2, 0.25) is 10.0 Å². The fourth-order valence-electron chi connectivity index (χ4n) is 2.96. The van der Waals surface area contributed by atoms with Gasteiger partial charge < -0.3 is 9.64 Å². The smallest absolute Gasteiger partial charge is 0.338 e. The topological polar surface area (TPSA) is 84.0 Å². The van der Waals surface area contributed by atoms with Crippen molar-refractivity contribution in [2.24, 2.45) is 0 Å². The van der Waals surface area contributed by atoms with Gasteiger partial charge in [-0.2, -0.15) is 0 Å². The zero-order valence-corrected chi connectivity index (χ0v) is 14.1. The van der Waals surface area contributed by atoms with Gasteiger partial charge in [-0.3, -0.25) is 9.10 Å². The van der Waals surface area contributed by atoms with Gasteiger partial charge >= 0.3 is 5.97 Å². The lowest BCUT2D eigenvalue weighted by atomic mass is 10.2. The molecule has 130 valence electrons. The zero-order chi connectivity index (χ0) is 17.2. The molecule has 8 heteroatoms. The highest BCUT2D eigenvalue weighted by molar-refractivity contribution is 7.93. The summed E-state index contributed by atoms with van der Waals surface area (Å²) in [5, 5.41) is 0. The number of amides is 1. The van der Waals surface area contributed by atoms with Crippen molar-refractivity contribution < 1.29 is 22.7 Å². The lowest BCUT2D eigenvalue weighted by Gasteiger charge is -2.17. The van der Waals surface area contributed by atoms with Crippen LogP contribution in [-0.4, -0.2) is 57.2 Å². The Morgan fingerprint density at radius 1 is 1.00 bits per heavy atom. The average molecular weight is 352 g/mol. The van der Waals surface area contributed by atoms with Crippen LogP contribution in [0, 0.1) is 0 Å². The summed E-state index contributed by atoms with van der Waals surface area (Å²) in [4.78, 5) is 25.5. The Bertz CT molecular complexity index is 723. The van der Waals surface area contributed by atoms with Crippen molar-refractivity contribution in [1.29, 1.82) is 0 Å². The molecular weight excluding hydrogens is 332 g/mol. The van der Waals surface area contributed by atoms with E-state index in [1.54, 1.807) is 17.0 Å². The van der Waals surface area contributed by atoms with E-state index in [2.05, 4.69) is 0 Å². The molecule has 2 aliphatic rings. The van der Waals surface area contributed by atoms with Gasteiger partial charge in [0.25, 0.3) is 5.91 Å². The van der Waals surface area contributed by atoms with Crippen LogP contribution in [0.5, 0.6) is 0 Å². The second-order valence-electron chi connectivity index (χ2n) is 5.95. The summed E-state index contributed by atoms with van der Waals surface area (Å²) in [5.41, 5.74) is 0.835. The first-order chi connectivity index (χ1) is 11.5. The van der Waals surface area contributed by atoms with Crippen LogP contribution >= 0.6 is 0 Å². The van der Waals surface area contributed by atoms with Crippen molar-refractivity contribution in [3.63, 3.8) is 0 Å². The average Bonchev–Trinajstić information content (AvgIpc) is 3.21. The van der Waals surface area contributed by atoms with Crippen molar-refractivity contribution in [3.8, 4) is 0 Å². The van der Waals surface area contributed by atoms with Crippen LogP contribution in [0.2, 0.25) is 0 Å². The van der Waals surface area contributed by atoms with Gasteiger partial charge in [0.1, 0.15) is 0 Å². The molecule has 3 rings (SSSR count). The summed E-state index contributed by atoms with van der Waals surface area (Å²) in [6, 6.07) is 6.21. The predicted octanol–water partition coefficient (Wildman–Crippen LogP) is 1.01. The molecule has 2 saturated heterocycles. The van der Waals surface area contributed by atoms with Crippen LogP contribution in [0.15, 0.2) is 24.3 Å². The number of benzene rings is 1. The molecule has 0 aliphatic carbocycles. The Kier molecular flexibility index (Phi) is 4.75.